The Bertz CT molecular complexity index is 949. The molecular weight excluding hydrogens is 388 g/mol. The largest absolute Gasteiger partial charge is 0.376 e. The molecule has 2 aliphatic rings. The molecule has 4 rings (SSSR count). The Hall–Kier alpha value is -2.23. The summed E-state index contributed by atoms with van der Waals surface area (Å²) in [5.41, 5.74) is -0.172. The van der Waals surface area contributed by atoms with Crippen LogP contribution in [0.25, 0.3) is 0 Å². The number of para-hydroxylation sites is 2. The number of fused-ring (bicyclic) bond motifs is 1. The van der Waals surface area contributed by atoms with Crippen LogP contribution in [0.2, 0.25) is 0 Å². The lowest BCUT2D eigenvalue weighted by atomic mass is 10.2. The molecule has 0 amide bonds. The minimum absolute atomic E-state index is 0. The summed E-state index contributed by atoms with van der Waals surface area (Å²) in [7, 11) is -4.18. The first-order valence-electron chi connectivity index (χ1n) is 8.68. The van der Waals surface area contributed by atoms with Crippen LogP contribution in [0.4, 0.5) is 25.8 Å². The molecule has 0 aromatic heterocycles. The normalized spacial score (nSPS) is 20.6. The molecule has 0 radical (unpaired) electrons. The van der Waals surface area contributed by atoms with Crippen molar-refractivity contribution < 1.29 is 21.9 Å². The Balaban J connectivity index is 0.00000225. The number of nitrogens with zero attached hydrogens (tertiary/aromatic N) is 2. The molecule has 9 heteroatoms. The third-order valence-electron chi connectivity index (χ3n) is 4.68. The van der Waals surface area contributed by atoms with Crippen LogP contribution in [0.15, 0.2) is 42.5 Å². The molecule has 2 heterocycles. The molecule has 1 fully saturated rings. The SMILES string of the molecule is C.O=S1(=O)N(CC[C@@H]2CNCCO2)c2cccc(F)c2N1c1ccccc1F. The molecule has 28 heavy (non-hydrogen) atoms. The number of hydrogen-bond acceptors (Lipinski definition) is 4. The maximum atomic E-state index is 14.6. The molecule has 2 aromatic rings. The number of benzene rings is 2. The Kier molecular flexibility index (Phi) is 5.87. The van der Waals surface area contributed by atoms with Crippen LogP contribution in [0.3, 0.4) is 0 Å². The Morgan fingerprint density at radius 2 is 1.79 bits per heavy atom. The van der Waals surface area contributed by atoms with Crippen molar-refractivity contribution >= 4 is 27.3 Å². The number of nitrogens with one attached hydrogen (secondary N) is 1. The monoisotopic (exact) mass is 411 g/mol. The van der Waals surface area contributed by atoms with E-state index in [2.05, 4.69) is 5.32 Å². The second-order valence-corrected chi connectivity index (χ2v) is 8.09. The first-order valence-corrected chi connectivity index (χ1v) is 10.1. The van der Waals surface area contributed by atoms with Gasteiger partial charge in [-0.3, -0.25) is 4.31 Å². The number of anilines is 3. The highest BCUT2D eigenvalue weighted by atomic mass is 32.2. The van der Waals surface area contributed by atoms with E-state index in [9.17, 15) is 17.2 Å². The molecule has 0 bridgehead atoms. The molecule has 1 atom stereocenters. The second-order valence-electron chi connectivity index (χ2n) is 6.39. The summed E-state index contributed by atoms with van der Waals surface area (Å²) in [5, 5.41) is 3.19. The van der Waals surface area contributed by atoms with Crippen molar-refractivity contribution in [3.05, 3.63) is 54.1 Å². The van der Waals surface area contributed by atoms with Crippen molar-refractivity contribution in [2.24, 2.45) is 0 Å². The van der Waals surface area contributed by atoms with Crippen molar-refractivity contribution in [2.45, 2.75) is 20.0 Å². The quantitative estimate of drug-likeness (QED) is 0.840. The molecule has 1 N–H and O–H groups in total. The Labute approximate surface area is 163 Å². The van der Waals surface area contributed by atoms with Gasteiger partial charge in [0.05, 0.1) is 24.1 Å². The van der Waals surface area contributed by atoms with Crippen LogP contribution in [0.5, 0.6) is 0 Å². The van der Waals surface area contributed by atoms with E-state index in [0.717, 1.165) is 21.2 Å². The van der Waals surface area contributed by atoms with Crippen LogP contribution in [0.1, 0.15) is 13.8 Å². The highest BCUT2D eigenvalue weighted by molar-refractivity contribution is 7.95. The molecule has 0 aliphatic carbocycles. The predicted molar refractivity (Wildman–Crippen MR) is 105 cm³/mol. The summed E-state index contributed by atoms with van der Waals surface area (Å²) in [6, 6.07) is 9.57. The van der Waals surface area contributed by atoms with E-state index in [1.54, 1.807) is 0 Å². The van der Waals surface area contributed by atoms with Gasteiger partial charge in [-0.2, -0.15) is 8.42 Å². The van der Waals surface area contributed by atoms with Crippen molar-refractivity contribution in [2.75, 3.05) is 34.9 Å². The van der Waals surface area contributed by atoms with E-state index < -0.39 is 21.8 Å². The molecular formula is C19H23F2N3O3S. The smallest absolute Gasteiger partial charge is 0.331 e. The van der Waals surface area contributed by atoms with Gasteiger partial charge in [-0.1, -0.05) is 25.6 Å². The first-order chi connectivity index (χ1) is 13.0. The third kappa shape index (κ3) is 3.45. The van der Waals surface area contributed by atoms with Gasteiger partial charge in [0.2, 0.25) is 0 Å². The fraction of sp³-hybridized carbons (Fsp3) is 0.368. The van der Waals surface area contributed by atoms with E-state index in [1.165, 1.54) is 36.4 Å². The van der Waals surface area contributed by atoms with Gasteiger partial charge in [0, 0.05) is 19.6 Å². The van der Waals surface area contributed by atoms with Crippen molar-refractivity contribution in [1.82, 2.24) is 5.32 Å². The minimum atomic E-state index is -4.18. The van der Waals surface area contributed by atoms with Crippen LogP contribution < -0.4 is 13.9 Å². The van der Waals surface area contributed by atoms with Crippen molar-refractivity contribution in [3.63, 3.8) is 0 Å². The van der Waals surface area contributed by atoms with E-state index in [1.807, 2.05) is 0 Å². The fourth-order valence-electron chi connectivity index (χ4n) is 3.41. The van der Waals surface area contributed by atoms with Gasteiger partial charge in [0.15, 0.2) is 0 Å². The highest BCUT2D eigenvalue weighted by Crippen LogP contribution is 2.47. The van der Waals surface area contributed by atoms with Crippen LogP contribution >= 0.6 is 0 Å². The number of ether oxygens (including phenoxy) is 1. The standard InChI is InChI=1S/C18H19F2N3O3S.CH4/c19-14-4-1-2-6-16(14)23-18-15(20)5-3-7-17(18)22(27(23,24)25)10-8-13-12-21-9-11-26-13;/h1-7,13,21H,8-12H2;1H4/t13-;/m1./s1. The average molecular weight is 411 g/mol. The summed E-state index contributed by atoms with van der Waals surface area (Å²) >= 11 is 0. The number of hydrogen-bond donors (Lipinski definition) is 1. The summed E-state index contributed by atoms with van der Waals surface area (Å²) in [4.78, 5) is 0. The lowest BCUT2D eigenvalue weighted by Crippen LogP contribution is -2.42. The first kappa shape index (κ1) is 20.5. The second kappa shape index (κ2) is 8.02. The zero-order valence-corrected chi connectivity index (χ0v) is 15.3. The molecule has 152 valence electrons. The molecule has 2 aromatic carbocycles. The van der Waals surface area contributed by atoms with Crippen LogP contribution in [-0.2, 0) is 14.9 Å². The zero-order valence-electron chi connectivity index (χ0n) is 14.4. The fourth-order valence-corrected chi connectivity index (χ4v) is 5.15. The lowest BCUT2D eigenvalue weighted by molar-refractivity contribution is 0.0254. The Morgan fingerprint density at radius 1 is 1.07 bits per heavy atom. The zero-order chi connectivity index (χ0) is 19.0. The summed E-state index contributed by atoms with van der Waals surface area (Å²) in [6.45, 7) is 2.05. The molecule has 0 unspecified atom stereocenters. The predicted octanol–water partition coefficient (Wildman–Crippen LogP) is 3.18. The van der Waals surface area contributed by atoms with Gasteiger partial charge in [0.25, 0.3) is 0 Å². The van der Waals surface area contributed by atoms with Gasteiger partial charge in [-0.05, 0) is 30.7 Å². The molecule has 0 spiro atoms. The van der Waals surface area contributed by atoms with Gasteiger partial charge in [0.1, 0.15) is 17.3 Å². The molecule has 0 saturated carbocycles. The topological polar surface area (TPSA) is 61.9 Å². The number of halogens is 2. The molecule has 6 nitrogen and oxygen atoms in total. The molecule has 2 aliphatic heterocycles. The van der Waals surface area contributed by atoms with Crippen LogP contribution in [-0.4, -0.2) is 40.8 Å². The summed E-state index contributed by atoms with van der Waals surface area (Å²) in [5.74, 6) is -1.46. The number of morpholine rings is 1. The lowest BCUT2D eigenvalue weighted by Gasteiger charge is -2.26. The summed E-state index contributed by atoms with van der Waals surface area (Å²) in [6.07, 6.45) is 0.307. The maximum absolute atomic E-state index is 14.6. The van der Waals surface area contributed by atoms with Gasteiger partial charge < -0.3 is 10.1 Å². The highest BCUT2D eigenvalue weighted by Gasteiger charge is 2.44. The summed E-state index contributed by atoms with van der Waals surface area (Å²) < 4.78 is 62.8. The minimum Gasteiger partial charge on any atom is -0.376 e. The van der Waals surface area contributed by atoms with Crippen LogP contribution in [0, 0.1) is 11.6 Å². The van der Waals surface area contributed by atoms with E-state index in [-0.39, 0.29) is 37.1 Å². The Morgan fingerprint density at radius 3 is 2.50 bits per heavy atom. The average Bonchev–Trinajstić information content (AvgIpc) is 2.89. The molecule has 1 saturated heterocycles. The van der Waals surface area contributed by atoms with E-state index >= 15 is 0 Å². The van der Waals surface area contributed by atoms with E-state index in [4.69, 9.17) is 4.74 Å². The van der Waals surface area contributed by atoms with Crippen molar-refractivity contribution in [1.29, 1.82) is 0 Å². The van der Waals surface area contributed by atoms with Crippen molar-refractivity contribution in [3.8, 4) is 0 Å². The van der Waals surface area contributed by atoms with Gasteiger partial charge in [-0.15, -0.1) is 0 Å². The van der Waals surface area contributed by atoms with Gasteiger partial charge in [-0.25, -0.2) is 13.1 Å². The number of rotatable bonds is 4. The van der Waals surface area contributed by atoms with Gasteiger partial charge >= 0.3 is 10.2 Å². The van der Waals surface area contributed by atoms with E-state index in [0.29, 0.717) is 19.6 Å². The maximum Gasteiger partial charge on any atom is 0.331 e. The third-order valence-corrected chi connectivity index (χ3v) is 6.45.